The molecule has 29 heavy (non-hydrogen) atoms. The zero-order chi connectivity index (χ0) is 21.0. The number of hydrogen-bond acceptors (Lipinski definition) is 4. The molecule has 1 aliphatic carbocycles. The van der Waals surface area contributed by atoms with E-state index in [1.165, 1.54) is 0 Å². The van der Waals surface area contributed by atoms with Gasteiger partial charge in [-0.3, -0.25) is 9.69 Å². The van der Waals surface area contributed by atoms with Gasteiger partial charge in [0.25, 0.3) is 0 Å². The maximum atomic E-state index is 12.7. The molecular weight excluding hydrogens is 388 g/mol. The van der Waals surface area contributed by atoms with Gasteiger partial charge in [-0.15, -0.1) is 11.6 Å². The quantitative estimate of drug-likeness (QED) is 0.687. The predicted molar refractivity (Wildman–Crippen MR) is 118 cm³/mol. The molecule has 2 aliphatic rings. The predicted octanol–water partition coefficient (Wildman–Crippen LogP) is 4.47. The lowest BCUT2D eigenvalue weighted by Gasteiger charge is -2.49. The lowest BCUT2D eigenvalue weighted by molar-refractivity contribution is -0.117. The molecule has 2 fully saturated rings. The number of rotatable bonds is 6. The van der Waals surface area contributed by atoms with E-state index in [0.29, 0.717) is 11.8 Å². The van der Waals surface area contributed by atoms with E-state index in [1.54, 1.807) is 11.0 Å². The molecule has 1 N–H and O–H groups in total. The van der Waals surface area contributed by atoms with Crippen LogP contribution in [0, 0.1) is 6.92 Å². The van der Waals surface area contributed by atoms with E-state index in [2.05, 4.69) is 18.7 Å². The summed E-state index contributed by atoms with van der Waals surface area (Å²) in [5.41, 5.74) is 1.81. The molecule has 0 atom stereocenters. The van der Waals surface area contributed by atoms with Crippen LogP contribution in [0.4, 0.5) is 5.69 Å². The zero-order valence-electron chi connectivity index (χ0n) is 18.0. The van der Waals surface area contributed by atoms with Gasteiger partial charge in [0.1, 0.15) is 11.6 Å². The van der Waals surface area contributed by atoms with E-state index in [0.717, 1.165) is 63.8 Å². The second kappa shape index (κ2) is 9.67. The topological polar surface area (TPSA) is 53.0 Å². The van der Waals surface area contributed by atoms with Crippen LogP contribution in [0.2, 0.25) is 0 Å². The van der Waals surface area contributed by atoms with Crippen molar-refractivity contribution in [1.82, 2.24) is 4.90 Å². The molecule has 1 aromatic rings. The summed E-state index contributed by atoms with van der Waals surface area (Å²) in [6.07, 6.45) is 6.75. The molecule has 0 radical (unpaired) electrons. The highest BCUT2D eigenvalue weighted by Gasteiger charge is 2.39. The SMILES string of the molecule is CCOC1CCC(C)(N2CCC(N(C(=O)CCl)c3cc(C)ccc3O)CC2)CC1. The minimum Gasteiger partial charge on any atom is -0.506 e. The van der Waals surface area contributed by atoms with Gasteiger partial charge in [0.15, 0.2) is 0 Å². The first-order chi connectivity index (χ1) is 13.9. The molecule has 0 spiro atoms. The van der Waals surface area contributed by atoms with E-state index < -0.39 is 0 Å². The minimum atomic E-state index is -0.144. The van der Waals surface area contributed by atoms with Gasteiger partial charge in [0.2, 0.25) is 5.91 Å². The molecule has 1 aromatic carbocycles. The number of halogens is 1. The number of benzene rings is 1. The first-order valence-corrected chi connectivity index (χ1v) is 11.5. The minimum absolute atomic E-state index is 0.0635. The average Bonchev–Trinajstić information content (AvgIpc) is 2.73. The normalized spacial score (nSPS) is 26.4. The van der Waals surface area contributed by atoms with Crippen LogP contribution in [-0.4, -0.2) is 59.2 Å². The number of anilines is 1. The van der Waals surface area contributed by atoms with Crippen LogP contribution in [-0.2, 0) is 9.53 Å². The van der Waals surface area contributed by atoms with Gasteiger partial charge in [0, 0.05) is 31.3 Å². The van der Waals surface area contributed by atoms with Crippen LogP contribution in [0.1, 0.15) is 57.9 Å². The molecule has 6 heteroatoms. The summed E-state index contributed by atoms with van der Waals surface area (Å²) in [6, 6.07) is 5.45. The Bertz CT molecular complexity index is 695. The molecule has 1 amide bonds. The summed E-state index contributed by atoms with van der Waals surface area (Å²) < 4.78 is 5.82. The lowest BCUT2D eigenvalue weighted by atomic mass is 9.79. The number of phenols is 1. The Hall–Kier alpha value is -1.30. The first-order valence-electron chi connectivity index (χ1n) is 10.9. The third-order valence-corrected chi connectivity index (χ3v) is 7.01. The molecule has 1 saturated heterocycles. The van der Waals surface area contributed by atoms with Gasteiger partial charge >= 0.3 is 0 Å². The van der Waals surface area contributed by atoms with E-state index in [9.17, 15) is 9.90 Å². The number of nitrogens with zero attached hydrogens (tertiary/aromatic N) is 2. The van der Waals surface area contributed by atoms with Crippen molar-refractivity contribution in [1.29, 1.82) is 0 Å². The fourth-order valence-corrected chi connectivity index (χ4v) is 5.15. The number of piperidine rings is 1. The Morgan fingerprint density at radius 3 is 2.52 bits per heavy atom. The monoisotopic (exact) mass is 422 g/mol. The van der Waals surface area contributed by atoms with Gasteiger partial charge < -0.3 is 14.7 Å². The summed E-state index contributed by atoms with van der Waals surface area (Å²) in [7, 11) is 0. The van der Waals surface area contributed by atoms with Crippen LogP contribution >= 0.6 is 11.6 Å². The molecule has 0 aromatic heterocycles. The van der Waals surface area contributed by atoms with E-state index in [1.807, 2.05) is 19.1 Å². The molecule has 5 nitrogen and oxygen atoms in total. The zero-order valence-corrected chi connectivity index (χ0v) is 18.7. The number of aromatic hydroxyl groups is 1. The first kappa shape index (κ1) is 22.4. The number of carbonyl (C=O) groups is 1. The van der Waals surface area contributed by atoms with Crippen molar-refractivity contribution in [3.8, 4) is 5.75 Å². The number of aryl methyl sites for hydroxylation is 1. The van der Waals surface area contributed by atoms with Gasteiger partial charge in [0.05, 0.1) is 11.8 Å². The van der Waals surface area contributed by atoms with Gasteiger partial charge in [-0.2, -0.15) is 0 Å². The summed E-state index contributed by atoms with van der Waals surface area (Å²) in [5, 5.41) is 10.4. The number of hydrogen-bond donors (Lipinski definition) is 1. The lowest BCUT2D eigenvalue weighted by Crippen LogP contribution is -2.56. The molecule has 1 heterocycles. The Morgan fingerprint density at radius 2 is 1.93 bits per heavy atom. The highest BCUT2D eigenvalue weighted by molar-refractivity contribution is 6.29. The highest BCUT2D eigenvalue weighted by atomic mass is 35.5. The molecule has 0 bridgehead atoms. The van der Waals surface area contributed by atoms with E-state index in [-0.39, 0.29) is 29.1 Å². The molecule has 162 valence electrons. The average molecular weight is 423 g/mol. The fraction of sp³-hybridized carbons (Fsp3) is 0.696. The molecule has 0 unspecified atom stereocenters. The third kappa shape index (κ3) is 5.07. The van der Waals surface area contributed by atoms with Crippen molar-refractivity contribution < 1.29 is 14.6 Å². The Morgan fingerprint density at radius 1 is 1.28 bits per heavy atom. The molecule has 1 aliphatic heterocycles. The maximum absolute atomic E-state index is 12.7. The number of alkyl halides is 1. The van der Waals surface area contributed by atoms with Crippen LogP contribution in [0.15, 0.2) is 18.2 Å². The van der Waals surface area contributed by atoms with Crippen molar-refractivity contribution in [2.75, 3.05) is 30.5 Å². The van der Waals surface area contributed by atoms with Crippen LogP contribution in [0.3, 0.4) is 0 Å². The van der Waals surface area contributed by atoms with Crippen LogP contribution in [0.25, 0.3) is 0 Å². The number of amides is 1. The van der Waals surface area contributed by atoms with Crippen molar-refractivity contribution >= 4 is 23.2 Å². The third-order valence-electron chi connectivity index (χ3n) is 6.78. The summed E-state index contributed by atoms with van der Waals surface area (Å²) >= 11 is 5.92. The van der Waals surface area contributed by atoms with Crippen molar-refractivity contribution in [2.24, 2.45) is 0 Å². The van der Waals surface area contributed by atoms with Crippen LogP contribution in [0.5, 0.6) is 5.75 Å². The largest absolute Gasteiger partial charge is 0.506 e. The molecular formula is C23H35ClN2O3. The highest BCUT2D eigenvalue weighted by Crippen LogP contribution is 2.38. The Labute approximate surface area is 180 Å². The van der Waals surface area contributed by atoms with Crippen molar-refractivity contribution in [2.45, 2.75) is 77.0 Å². The number of phenolic OH excluding ortho intramolecular Hbond substituents is 1. The summed E-state index contributed by atoms with van der Waals surface area (Å²) in [6.45, 7) is 9.12. The van der Waals surface area contributed by atoms with Gasteiger partial charge in [-0.1, -0.05) is 6.07 Å². The summed E-state index contributed by atoms with van der Waals surface area (Å²) in [5.74, 6) is -0.0865. The van der Waals surface area contributed by atoms with E-state index in [4.69, 9.17) is 16.3 Å². The molecule has 3 rings (SSSR count). The summed E-state index contributed by atoms with van der Waals surface area (Å²) in [4.78, 5) is 17.0. The van der Waals surface area contributed by atoms with Gasteiger partial charge in [-0.25, -0.2) is 0 Å². The number of likely N-dealkylation sites (tertiary alicyclic amines) is 1. The standard InChI is InChI=1S/C23H35ClN2O3/c1-4-29-19-7-11-23(3,12-8-19)25-13-9-18(10-14-25)26(22(28)16-24)20-15-17(2)5-6-21(20)27/h5-6,15,18-19,27H,4,7-14,16H2,1-3H3. The maximum Gasteiger partial charge on any atom is 0.242 e. The van der Waals surface area contributed by atoms with Crippen molar-refractivity contribution in [3.63, 3.8) is 0 Å². The van der Waals surface area contributed by atoms with E-state index >= 15 is 0 Å². The fourth-order valence-electron chi connectivity index (χ4n) is 5.02. The smallest absolute Gasteiger partial charge is 0.242 e. The van der Waals surface area contributed by atoms with Crippen LogP contribution < -0.4 is 4.90 Å². The Kier molecular flexibility index (Phi) is 7.47. The Balaban J connectivity index is 1.68. The second-order valence-corrected chi connectivity index (χ2v) is 9.03. The number of carbonyl (C=O) groups excluding carboxylic acids is 1. The molecule has 1 saturated carbocycles. The second-order valence-electron chi connectivity index (χ2n) is 8.76. The van der Waals surface area contributed by atoms with Crippen molar-refractivity contribution in [3.05, 3.63) is 23.8 Å². The number of ether oxygens (including phenoxy) is 1. The van der Waals surface area contributed by atoms with Gasteiger partial charge in [-0.05, 0) is 77.0 Å².